The zero-order valence-corrected chi connectivity index (χ0v) is 16.1. The van der Waals surface area contributed by atoms with Crippen LogP contribution >= 0.6 is 0 Å². The fourth-order valence-electron chi connectivity index (χ4n) is 2.83. The van der Waals surface area contributed by atoms with Gasteiger partial charge in [-0.05, 0) is 38.5 Å². The fraction of sp³-hybridized carbons (Fsp3) is 0.444. The first-order valence-corrected chi connectivity index (χ1v) is 8.85. The van der Waals surface area contributed by atoms with E-state index in [9.17, 15) is 28.0 Å². The van der Waals surface area contributed by atoms with Crippen LogP contribution in [0.25, 0.3) is 0 Å². The van der Waals surface area contributed by atoms with Gasteiger partial charge in [0.1, 0.15) is 23.9 Å². The minimum atomic E-state index is -2.99. The van der Waals surface area contributed by atoms with E-state index in [0.717, 1.165) is 4.90 Å². The van der Waals surface area contributed by atoms with Crippen LogP contribution in [-0.4, -0.2) is 54.4 Å². The summed E-state index contributed by atoms with van der Waals surface area (Å²) in [6.45, 7) is 1.47. The quantitative estimate of drug-likeness (QED) is 0.544. The van der Waals surface area contributed by atoms with E-state index in [4.69, 9.17) is 0 Å². The Morgan fingerprint density at radius 2 is 1.86 bits per heavy atom. The minimum Gasteiger partial charge on any atom is -0.435 e. The van der Waals surface area contributed by atoms with Crippen molar-refractivity contribution in [2.75, 3.05) is 13.1 Å². The molecule has 5 amide bonds. The summed E-state index contributed by atoms with van der Waals surface area (Å²) >= 11 is 0. The molecule has 0 saturated carbocycles. The molecule has 2 rings (SSSR count). The molecular formula is C18H22F2N4O5. The maximum absolute atomic E-state index is 12.8. The second-order valence-electron chi connectivity index (χ2n) is 6.53. The third-order valence-corrected chi connectivity index (χ3v) is 4.36. The molecule has 1 aromatic carbocycles. The number of benzene rings is 1. The van der Waals surface area contributed by atoms with Gasteiger partial charge in [0.05, 0.1) is 0 Å². The number of ether oxygens (including phenoxy) is 1. The topological polar surface area (TPSA) is 117 Å². The van der Waals surface area contributed by atoms with E-state index >= 15 is 0 Å². The predicted molar refractivity (Wildman–Crippen MR) is 97.0 cm³/mol. The third-order valence-electron chi connectivity index (χ3n) is 4.36. The van der Waals surface area contributed by atoms with Crippen LogP contribution in [-0.2, 0) is 19.9 Å². The Bertz CT molecular complexity index is 802. The number of carbonyl (C=O) groups excluding carboxylic acids is 4. The lowest BCUT2D eigenvalue weighted by atomic mass is 9.92. The molecule has 1 aliphatic rings. The smallest absolute Gasteiger partial charge is 0.387 e. The van der Waals surface area contributed by atoms with E-state index in [-0.39, 0.29) is 5.75 Å². The first kappa shape index (κ1) is 22.1. The van der Waals surface area contributed by atoms with Crippen LogP contribution in [0.2, 0.25) is 0 Å². The van der Waals surface area contributed by atoms with E-state index in [1.807, 2.05) is 0 Å². The molecule has 11 heteroatoms. The van der Waals surface area contributed by atoms with Crippen LogP contribution in [0, 0.1) is 0 Å². The maximum atomic E-state index is 12.8. The number of amides is 5. The first-order chi connectivity index (χ1) is 13.6. The molecule has 3 N–H and O–H groups in total. The van der Waals surface area contributed by atoms with Gasteiger partial charge in [-0.1, -0.05) is 12.1 Å². The van der Waals surface area contributed by atoms with Gasteiger partial charge in [-0.2, -0.15) is 8.78 Å². The highest BCUT2D eigenvalue weighted by Gasteiger charge is 2.49. The zero-order chi connectivity index (χ0) is 21.8. The molecule has 29 heavy (non-hydrogen) atoms. The summed E-state index contributed by atoms with van der Waals surface area (Å²) in [5.74, 6) is -1.86. The maximum Gasteiger partial charge on any atom is 0.387 e. The Morgan fingerprint density at radius 1 is 1.24 bits per heavy atom. The molecule has 0 bridgehead atoms. The summed E-state index contributed by atoms with van der Waals surface area (Å²) in [4.78, 5) is 49.6. The first-order valence-electron chi connectivity index (χ1n) is 8.85. The largest absolute Gasteiger partial charge is 0.435 e. The summed E-state index contributed by atoms with van der Waals surface area (Å²) in [5.41, 5.74) is -1.15. The SMILES string of the molecule is CCNC(=O)[C@@H](C)NC(=O)CN1C(=O)N[C@](C)(c2ccc(OC(F)F)cc2)C1=O. The molecule has 1 fully saturated rings. The van der Waals surface area contributed by atoms with Gasteiger partial charge in [0.15, 0.2) is 0 Å². The normalized spacial score (nSPS) is 19.7. The average Bonchev–Trinajstić information content (AvgIpc) is 2.86. The van der Waals surface area contributed by atoms with E-state index in [1.165, 1.54) is 38.1 Å². The average molecular weight is 412 g/mol. The Morgan fingerprint density at radius 3 is 2.41 bits per heavy atom. The van der Waals surface area contributed by atoms with Gasteiger partial charge in [-0.15, -0.1) is 0 Å². The number of likely N-dealkylation sites (N-methyl/N-ethyl adjacent to an activating group) is 1. The van der Waals surface area contributed by atoms with E-state index in [1.54, 1.807) is 6.92 Å². The Kier molecular flexibility index (Phi) is 6.72. The van der Waals surface area contributed by atoms with Gasteiger partial charge in [0, 0.05) is 6.54 Å². The van der Waals surface area contributed by atoms with Crippen molar-refractivity contribution in [1.82, 2.24) is 20.9 Å². The van der Waals surface area contributed by atoms with Crippen molar-refractivity contribution in [1.29, 1.82) is 0 Å². The number of alkyl halides is 2. The fourth-order valence-corrected chi connectivity index (χ4v) is 2.83. The third kappa shape index (κ3) is 4.98. The molecule has 9 nitrogen and oxygen atoms in total. The van der Waals surface area contributed by atoms with Gasteiger partial charge < -0.3 is 20.7 Å². The molecule has 1 aromatic rings. The number of carbonyl (C=O) groups is 4. The molecule has 0 radical (unpaired) electrons. The van der Waals surface area contributed by atoms with Gasteiger partial charge in [0.25, 0.3) is 5.91 Å². The highest BCUT2D eigenvalue weighted by molar-refractivity contribution is 6.09. The summed E-state index contributed by atoms with van der Waals surface area (Å²) in [6.07, 6.45) is 0. The Labute approximate surface area is 165 Å². The molecule has 0 aliphatic carbocycles. The summed E-state index contributed by atoms with van der Waals surface area (Å²) in [7, 11) is 0. The van der Waals surface area contributed by atoms with E-state index in [2.05, 4.69) is 20.7 Å². The number of nitrogens with one attached hydrogen (secondary N) is 3. The van der Waals surface area contributed by atoms with Crippen LogP contribution in [0.5, 0.6) is 5.75 Å². The minimum absolute atomic E-state index is 0.0975. The van der Waals surface area contributed by atoms with Crippen molar-refractivity contribution < 1.29 is 32.7 Å². The standard InChI is InChI=1S/C18H22F2N4O5/c1-4-21-14(26)10(2)22-13(25)9-24-15(27)18(3,23-17(24)28)11-5-7-12(8-6-11)29-16(19)20/h5-8,10,16H,4,9H2,1-3H3,(H,21,26)(H,22,25)(H,23,28)/t10-,18-/m1/s1. The van der Waals surface area contributed by atoms with Crippen molar-refractivity contribution in [2.24, 2.45) is 0 Å². The van der Waals surface area contributed by atoms with E-state index < -0.39 is 48.5 Å². The molecule has 0 unspecified atom stereocenters. The predicted octanol–water partition coefficient (Wildman–Crippen LogP) is 0.696. The van der Waals surface area contributed by atoms with Crippen LogP contribution in [0.15, 0.2) is 24.3 Å². The highest BCUT2D eigenvalue weighted by atomic mass is 19.3. The monoisotopic (exact) mass is 412 g/mol. The molecule has 1 saturated heterocycles. The Hall–Kier alpha value is -3.24. The second-order valence-corrected chi connectivity index (χ2v) is 6.53. The van der Waals surface area contributed by atoms with Gasteiger partial charge in [-0.3, -0.25) is 19.3 Å². The highest BCUT2D eigenvalue weighted by Crippen LogP contribution is 2.30. The number of hydrogen-bond donors (Lipinski definition) is 3. The van der Waals surface area contributed by atoms with Gasteiger partial charge in [0.2, 0.25) is 11.8 Å². The van der Waals surface area contributed by atoms with Crippen molar-refractivity contribution in [3.8, 4) is 5.75 Å². The lowest BCUT2D eigenvalue weighted by Crippen LogP contribution is -2.49. The number of halogens is 2. The molecule has 2 atom stereocenters. The number of rotatable bonds is 8. The molecule has 0 aromatic heterocycles. The lowest BCUT2D eigenvalue weighted by molar-refractivity contribution is -0.135. The number of urea groups is 1. The molecular weight excluding hydrogens is 390 g/mol. The zero-order valence-electron chi connectivity index (χ0n) is 16.1. The number of imide groups is 1. The number of hydrogen-bond acceptors (Lipinski definition) is 5. The second kappa shape index (κ2) is 8.84. The summed E-state index contributed by atoms with van der Waals surface area (Å²) in [6, 6.07) is 3.61. The van der Waals surface area contributed by atoms with Crippen molar-refractivity contribution in [3.63, 3.8) is 0 Å². The van der Waals surface area contributed by atoms with Crippen molar-refractivity contribution >= 4 is 23.8 Å². The van der Waals surface area contributed by atoms with E-state index in [0.29, 0.717) is 12.1 Å². The van der Waals surface area contributed by atoms with Crippen LogP contribution in [0.1, 0.15) is 26.3 Å². The Balaban J connectivity index is 2.08. The van der Waals surface area contributed by atoms with Crippen LogP contribution in [0.4, 0.5) is 13.6 Å². The van der Waals surface area contributed by atoms with Crippen LogP contribution < -0.4 is 20.7 Å². The van der Waals surface area contributed by atoms with Crippen molar-refractivity contribution in [3.05, 3.63) is 29.8 Å². The van der Waals surface area contributed by atoms with Crippen molar-refractivity contribution in [2.45, 2.75) is 39.0 Å². The molecule has 158 valence electrons. The van der Waals surface area contributed by atoms with Crippen LogP contribution in [0.3, 0.4) is 0 Å². The molecule has 1 heterocycles. The molecule has 0 spiro atoms. The lowest BCUT2D eigenvalue weighted by Gasteiger charge is -2.22. The summed E-state index contributed by atoms with van der Waals surface area (Å²) < 4.78 is 28.8. The summed E-state index contributed by atoms with van der Waals surface area (Å²) in [5, 5.41) is 7.45. The number of nitrogens with zero attached hydrogens (tertiary/aromatic N) is 1. The van der Waals surface area contributed by atoms with Gasteiger partial charge >= 0.3 is 12.6 Å². The van der Waals surface area contributed by atoms with Gasteiger partial charge in [-0.25, -0.2) is 4.79 Å². The molecule has 1 aliphatic heterocycles.